The average molecular weight is 411 g/mol. The Labute approximate surface area is 174 Å². The van der Waals surface area contributed by atoms with Crippen LogP contribution in [0.4, 0.5) is 9.59 Å². The standard InChI is InChI=1S/C20H25N7O3/c1-14-22-12-16-13-26(20(30)27(14)16)25-9-7-24(8-10-25)18(28)11-17(23-19(21)29)15-5-3-2-4-6-15/h2-6,12,17H,7-11,13H2,1H3,(H3,21,23,29). The number of urea groups is 1. The summed E-state index contributed by atoms with van der Waals surface area (Å²) in [7, 11) is 0. The zero-order valence-electron chi connectivity index (χ0n) is 16.8. The molecule has 4 rings (SSSR count). The third kappa shape index (κ3) is 3.86. The van der Waals surface area contributed by atoms with Crippen molar-refractivity contribution in [2.24, 2.45) is 5.73 Å². The maximum Gasteiger partial charge on any atom is 0.344 e. The molecule has 1 saturated heterocycles. The van der Waals surface area contributed by atoms with E-state index in [4.69, 9.17) is 5.73 Å². The highest BCUT2D eigenvalue weighted by atomic mass is 16.2. The molecule has 1 aromatic heterocycles. The molecule has 4 amide bonds. The van der Waals surface area contributed by atoms with Crippen LogP contribution >= 0.6 is 0 Å². The van der Waals surface area contributed by atoms with Crippen LogP contribution in [-0.2, 0) is 11.3 Å². The summed E-state index contributed by atoms with van der Waals surface area (Å²) in [5.41, 5.74) is 7.00. The molecule has 3 N–H and O–H groups in total. The molecule has 30 heavy (non-hydrogen) atoms. The number of hydrogen-bond donors (Lipinski definition) is 2. The average Bonchev–Trinajstić information content (AvgIpc) is 3.27. The topological polar surface area (TPSA) is 117 Å². The molecule has 2 aromatic rings. The summed E-state index contributed by atoms with van der Waals surface area (Å²) in [5.74, 6) is 0.622. The second-order valence-electron chi connectivity index (χ2n) is 7.48. The smallest absolute Gasteiger partial charge is 0.344 e. The van der Waals surface area contributed by atoms with Crippen LogP contribution in [0.1, 0.15) is 29.5 Å². The monoisotopic (exact) mass is 411 g/mol. The maximum atomic E-state index is 12.9. The second kappa shape index (κ2) is 8.15. The molecule has 10 nitrogen and oxygen atoms in total. The van der Waals surface area contributed by atoms with Gasteiger partial charge in [-0.3, -0.25) is 9.80 Å². The van der Waals surface area contributed by atoms with Gasteiger partial charge in [0, 0.05) is 26.2 Å². The number of amides is 4. The quantitative estimate of drug-likeness (QED) is 0.756. The summed E-state index contributed by atoms with van der Waals surface area (Å²) in [6.07, 6.45) is 1.86. The largest absolute Gasteiger partial charge is 0.352 e. The summed E-state index contributed by atoms with van der Waals surface area (Å²) in [4.78, 5) is 42.9. The number of aryl methyl sites for hydroxylation is 1. The van der Waals surface area contributed by atoms with Crippen molar-refractivity contribution in [1.29, 1.82) is 0 Å². The molecule has 0 spiro atoms. The van der Waals surface area contributed by atoms with E-state index < -0.39 is 12.1 Å². The van der Waals surface area contributed by atoms with Gasteiger partial charge in [-0.1, -0.05) is 30.3 Å². The maximum absolute atomic E-state index is 12.9. The lowest BCUT2D eigenvalue weighted by Crippen LogP contribution is -2.55. The Kier molecular flexibility index (Phi) is 5.40. The number of hydrazine groups is 1. The number of hydrogen-bond acceptors (Lipinski definition) is 5. The molecule has 1 unspecified atom stereocenters. The van der Waals surface area contributed by atoms with Crippen LogP contribution in [0.5, 0.6) is 0 Å². The lowest BCUT2D eigenvalue weighted by atomic mass is 10.0. The Morgan fingerprint density at radius 3 is 2.50 bits per heavy atom. The van der Waals surface area contributed by atoms with Crippen molar-refractivity contribution >= 4 is 18.0 Å². The van der Waals surface area contributed by atoms with E-state index in [9.17, 15) is 14.4 Å². The van der Waals surface area contributed by atoms with Crippen LogP contribution < -0.4 is 11.1 Å². The van der Waals surface area contributed by atoms with Crippen molar-refractivity contribution in [3.63, 3.8) is 0 Å². The molecule has 2 aliphatic rings. The van der Waals surface area contributed by atoms with Gasteiger partial charge in [0.2, 0.25) is 5.91 Å². The molecule has 0 aliphatic carbocycles. The van der Waals surface area contributed by atoms with Gasteiger partial charge < -0.3 is 16.0 Å². The fourth-order valence-corrected chi connectivity index (χ4v) is 4.02. The minimum absolute atomic E-state index is 0.0590. The number of rotatable bonds is 5. The van der Waals surface area contributed by atoms with Gasteiger partial charge in [-0.2, -0.15) is 0 Å². The fourth-order valence-electron chi connectivity index (χ4n) is 4.02. The molecule has 158 valence electrons. The number of carbonyl (C=O) groups is 3. The highest BCUT2D eigenvalue weighted by Crippen LogP contribution is 2.22. The van der Waals surface area contributed by atoms with Crippen molar-refractivity contribution in [1.82, 2.24) is 29.8 Å². The van der Waals surface area contributed by atoms with Crippen molar-refractivity contribution in [3.8, 4) is 0 Å². The van der Waals surface area contributed by atoms with Gasteiger partial charge in [0.05, 0.1) is 30.9 Å². The lowest BCUT2D eigenvalue weighted by Gasteiger charge is -2.39. The summed E-state index contributed by atoms with van der Waals surface area (Å²) in [6, 6.07) is 8.06. The predicted octanol–water partition coefficient (Wildman–Crippen LogP) is 0.834. The molecule has 1 aromatic carbocycles. The highest BCUT2D eigenvalue weighted by molar-refractivity contribution is 5.81. The summed E-state index contributed by atoms with van der Waals surface area (Å²) < 4.78 is 1.62. The van der Waals surface area contributed by atoms with Crippen LogP contribution in [0.3, 0.4) is 0 Å². The Bertz CT molecular complexity index is 951. The number of nitrogens with zero attached hydrogens (tertiary/aromatic N) is 5. The number of piperazine rings is 1. The van der Waals surface area contributed by atoms with Crippen LogP contribution in [-0.4, -0.2) is 68.6 Å². The Hall–Kier alpha value is -3.40. The highest BCUT2D eigenvalue weighted by Gasteiger charge is 2.35. The van der Waals surface area contributed by atoms with Crippen LogP contribution in [0.2, 0.25) is 0 Å². The number of nitrogens with one attached hydrogen (secondary N) is 1. The lowest BCUT2D eigenvalue weighted by molar-refractivity contribution is -0.135. The van der Waals surface area contributed by atoms with Crippen molar-refractivity contribution in [3.05, 3.63) is 53.6 Å². The first-order valence-corrected chi connectivity index (χ1v) is 9.92. The van der Waals surface area contributed by atoms with Crippen molar-refractivity contribution < 1.29 is 14.4 Å². The van der Waals surface area contributed by atoms with Gasteiger partial charge in [0.15, 0.2) is 0 Å². The van der Waals surface area contributed by atoms with E-state index in [0.29, 0.717) is 38.5 Å². The molecular weight excluding hydrogens is 386 g/mol. The van der Waals surface area contributed by atoms with E-state index in [1.54, 1.807) is 20.7 Å². The van der Waals surface area contributed by atoms with Crippen molar-refractivity contribution in [2.75, 3.05) is 26.2 Å². The predicted molar refractivity (Wildman–Crippen MR) is 108 cm³/mol. The molecule has 0 radical (unpaired) electrons. The van der Waals surface area contributed by atoms with E-state index in [1.165, 1.54) is 0 Å². The first kappa shape index (κ1) is 19.9. The Morgan fingerprint density at radius 2 is 1.87 bits per heavy atom. The number of aromatic nitrogens is 2. The van der Waals surface area contributed by atoms with Gasteiger partial charge in [0.1, 0.15) is 5.82 Å². The summed E-state index contributed by atoms with van der Waals surface area (Å²) >= 11 is 0. The molecule has 3 heterocycles. The molecular formula is C20H25N7O3. The Balaban J connectivity index is 1.35. The fraction of sp³-hybridized carbons (Fsp3) is 0.400. The number of primary amides is 1. The van der Waals surface area contributed by atoms with Gasteiger partial charge in [0.25, 0.3) is 0 Å². The minimum Gasteiger partial charge on any atom is -0.352 e. The first-order chi connectivity index (χ1) is 14.4. The van der Waals surface area contributed by atoms with Crippen LogP contribution in [0.15, 0.2) is 36.5 Å². The van der Waals surface area contributed by atoms with Gasteiger partial charge in [-0.05, 0) is 12.5 Å². The van der Waals surface area contributed by atoms with E-state index in [-0.39, 0.29) is 18.4 Å². The zero-order chi connectivity index (χ0) is 21.3. The van der Waals surface area contributed by atoms with Gasteiger partial charge in [-0.25, -0.2) is 24.1 Å². The molecule has 0 bridgehead atoms. The molecule has 2 aliphatic heterocycles. The minimum atomic E-state index is -0.664. The number of benzene rings is 1. The van der Waals surface area contributed by atoms with Crippen LogP contribution in [0.25, 0.3) is 0 Å². The van der Waals surface area contributed by atoms with Gasteiger partial charge >= 0.3 is 12.1 Å². The molecule has 10 heteroatoms. The van der Waals surface area contributed by atoms with E-state index >= 15 is 0 Å². The van der Waals surface area contributed by atoms with Crippen molar-refractivity contribution in [2.45, 2.75) is 25.9 Å². The third-order valence-electron chi connectivity index (χ3n) is 5.58. The molecule has 0 saturated carbocycles. The van der Waals surface area contributed by atoms with E-state index in [0.717, 1.165) is 11.3 Å². The number of nitrogens with two attached hydrogens (primary N) is 1. The van der Waals surface area contributed by atoms with E-state index in [2.05, 4.69) is 10.3 Å². The zero-order valence-corrected chi connectivity index (χ0v) is 16.8. The first-order valence-electron chi connectivity index (χ1n) is 9.92. The molecule has 1 fully saturated rings. The molecule has 1 atom stereocenters. The second-order valence-corrected chi connectivity index (χ2v) is 7.48. The number of imidazole rings is 1. The Morgan fingerprint density at radius 1 is 1.17 bits per heavy atom. The summed E-state index contributed by atoms with van der Waals surface area (Å²) in [5, 5.41) is 6.35. The number of carbonyl (C=O) groups excluding carboxylic acids is 3. The number of fused-ring (bicyclic) bond motifs is 1. The van der Waals surface area contributed by atoms with Gasteiger partial charge in [-0.15, -0.1) is 0 Å². The van der Waals surface area contributed by atoms with Crippen LogP contribution in [0, 0.1) is 6.92 Å². The van der Waals surface area contributed by atoms with E-state index in [1.807, 2.05) is 42.3 Å². The summed E-state index contributed by atoms with van der Waals surface area (Å²) in [6.45, 7) is 4.44. The third-order valence-corrected chi connectivity index (χ3v) is 5.58. The SMILES string of the molecule is Cc1ncc2n1C(=O)N(N1CCN(C(=O)CC(NC(N)=O)c3ccccc3)CC1)C2. The normalized spacial score (nSPS) is 17.7.